The Hall–Kier alpha value is -3.66. The summed E-state index contributed by atoms with van der Waals surface area (Å²) in [5, 5.41) is 11.1. The summed E-state index contributed by atoms with van der Waals surface area (Å²) in [5.74, 6) is -1.82. The third kappa shape index (κ3) is 4.79. The Morgan fingerprint density at radius 3 is 2.54 bits per heavy atom. The zero-order valence-electron chi connectivity index (χ0n) is 18.2. The van der Waals surface area contributed by atoms with Crippen molar-refractivity contribution >= 4 is 33.4 Å². The van der Waals surface area contributed by atoms with Gasteiger partial charge in [0.2, 0.25) is 0 Å². The molecule has 1 atom stereocenters. The van der Waals surface area contributed by atoms with Crippen molar-refractivity contribution in [3.05, 3.63) is 99.3 Å². The first kappa shape index (κ1) is 24.5. The van der Waals surface area contributed by atoms with Gasteiger partial charge in [-0.3, -0.25) is 14.6 Å². The fraction of sp³-hybridized carbons (Fsp3) is 0.160. The number of Topliss-reactive ketones (excluding diaryl/α,β-unsaturated/α-hetero) is 1. The lowest BCUT2D eigenvalue weighted by Gasteiger charge is -2.25. The molecule has 2 heterocycles. The van der Waals surface area contributed by atoms with Gasteiger partial charge in [-0.05, 0) is 63.5 Å². The van der Waals surface area contributed by atoms with Crippen LogP contribution < -0.4 is 4.74 Å². The molecule has 1 aromatic heterocycles. The summed E-state index contributed by atoms with van der Waals surface area (Å²) in [6.07, 6.45) is -1.62. The molecule has 4 rings (SSSR count). The number of aliphatic hydroxyl groups is 1. The van der Waals surface area contributed by atoms with Crippen LogP contribution in [-0.4, -0.2) is 33.8 Å². The van der Waals surface area contributed by atoms with Gasteiger partial charge in [0, 0.05) is 24.5 Å². The molecular weight excluding hydrogens is 529 g/mol. The molecule has 180 valence electrons. The first-order valence-corrected chi connectivity index (χ1v) is 11.1. The predicted molar refractivity (Wildman–Crippen MR) is 124 cm³/mol. The van der Waals surface area contributed by atoms with Crippen molar-refractivity contribution in [1.29, 1.82) is 0 Å². The van der Waals surface area contributed by atoms with Crippen molar-refractivity contribution in [3.63, 3.8) is 0 Å². The normalized spacial score (nSPS) is 17.6. The van der Waals surface area contributed by atoms with Crippen molar-refractivity contribution in [2.24, 2.45) is 0 Å². The monoisotopic (exact) mass is 546 g/mol. The Kier molecular flexibility index (Phi) is 6.66. The van der Waals surface area contributed by atoms with E-state index in [0.29, 0.717) is 15.8 Å². The Morgan fingerprint density at radius 1 is 1.14 bits per heavy atom. The van der Waals surface area contributed by atoms with E-state index in [0.717, 1.165) is 17.0 Å². The van der Waals surface area contributed by atoms with Gasteiger partial charge in [-0.1, -0.05) is 18.2 Å². The first-order chi connectivity index (χ1) is 16.6. The molecule has 0 aliphatic carbocycles. The topological polar surface area (TPSA) is 79.7 Å². The van der Waals surface area contributed by atoms with Crippen LogP contribution in [0.2, 0.25) is 0 Å². The Bertz CT molecular complexity index is 1330. The average Bonchev–Trinajstić information content (AvgIpc) is 3.08. The lowest BCUT2D eigenvalue weighted by Crippen LogP contribution is -2.29. The van der Waals surface area contributed by atoms with Gasteiger partial charge in [-0.2, -0.15) is 13.2 Å². The standard InChI is InChI=1S/C25H18BrF3N2O4/c1-35-19-8-7-15(11-18(19)26)22(32)20-21(16-5-3-9-30-12-16)31(24(34)23(20)33)13-14-4-2-6-17(10-14)25(27,28)29/h2-12,21,32H,13H2,1H3/b22-20+. The molecule has 2 aromatic carbocycles. The second-order valence-corrected chi connectivity index (χ2v) is 8.62. The molecule has 10 heteroatoms. The first-order valence-electron chi connectivity index (χ1n) is 10.3. The highest BCUT2D eigenvalue weighted by atomic mass is 79.9. The SMILES string of the molecule is COc1ccc(/C(O)=C2\C(=O)C(=O)N(Cc3cccc(C(F)(F)F)c3)C2c2cccnc2)cc1Br. The number of rotatable bonds is 5. The maximum absolute atomic E-state index is 13.2. The minimum absolute atomic E-state index is 0.183. The van der Waals surface area contributed by atoms with Crippen molar-refractivity contribution in [1.82, 2.24) is 9.88 Å². The van der Waals surface area contributed by atoms with Crippen LogP contribution in [0.25, 0.3) is 5.76 Å². The van der Waals surface area contributed by atoms with Crippen LogP contribution in [0.5, 0.6) is 5.75 Å². The van der Waals surface area contributed by atoms with Gasteiger partial charge < -0.3 is 14.7 Å². The highest BCUT2D eigenvalue weighted by Gasteiger charge is 2.46. The molecule has 1 aliphatic heterocycles. The van der Waals surface area contributed by atoms with E-state index in [9.17, 15) is 27.9 Å². The van der Waals surface area contributed by atoms with Crippen molar-refractivity contribution in [3.8, 4) is 5.75 Å². The predicted octanol–water partition coefficient (Wildman–Crippen LogP) is 5.49. The van der Waals surface area contributed by atoms with Crippen LogP contribution in [0.4, 0.5) is 13.2 Å². The molecule has 6 nitrogen and oxygen atoms in total. The maximum atomic E-state index is 13.2. The van der Waals surface area contributed by atoms with E-state index in [1.54, 1.807) is 18.2 Å². The summed E-state index contributed by atoms with van der Waals surface area (Å²) >= 11 is 3.33. The van der Waals surface area contributed by atoms with Gasteiger partial charge in [0.05, 0.1) is 28.8 Å². The van der Waals surface area contributed by atoms with Crippen LogP contribution in [0, 0.1) is 0 Å². The van der Waals surface area contributed by atoms with E-state index in [-0.39, 0.29) is 23.2 Å². The van der Waals surface area contributed by atoms with Crippen LogP contribution in [0.15, 0.2) is 77.0 Å². The van der Waals surface area contributed by atoms with Crippen LogP contribution in [-0.2, 0) is 22.3 Å². The molecule has 0 radical (unpaired) electrons. The van der Waals surface area contributed by atoms with Crippen molar-refractivity contribution < 1.29 is 32.6 Å². The number of carbonyl (C=O) groups is 2. The van der Waals surface area contributed by atoms with Gasteiger partial charge in [0.25, 0.3) is 11.7 Å². The number of amides is 1. The lowest BCUT2D eigenvalue weighted by atomic mass is 9.96. The number of aliphatic hydroxyl groups excluding tert-OH is 1. The van der Waals surface area contributed by atoms with Crippen LogP contribution >= 0.6 is 15.9 Å². The molecule has 35 heavy (non-hydrogen) atoms. The van der Waals surface area contributed by atoms with E-state index >= 15 is 0 Å². The zero-order valence-corrected chi connectivity index (χ0v) is 19.8. The third-order valence-electron chi connectivity index (χ3n) is 5.57. The van der Waals surface area contributed by atoms with E-state index < -0.39 is 35.2 Å². The second-order valence-electron chi connectivity index (χ2n) is 7.76. The smallest absolute Gasteiger partial charge is 0.416 e. The Morgan fingerprint density at radius 2 is 1.91 bits per heavy atom. The molecule has 1 N–H and O–H groups in total. The van der Waals surface area contributed by atoms with Crippen molar-refractivity contribution in [2.75, 3.05) is 7.11 Å². The van der Waals surface area contributed by atoms with Crippen LogP contribution in [0.1, 0.15) is 28.3 Å². The Balaban J connectivity index is 1.83. The number of aromatic nitrogens is 1. The zero-order chi connectivity index (χ0) is 25.3. The van der Waals surface area contributed by atoms with E-state index in [4.69, 9.17) is 4.74 Å². The molecule has 1 amide bonds. The average molecular weight is 547 g/mol. The molecule has 0 spiro atoms. The third-order valence-corrected chi connectivity index (χ3v) is 6.19. The van der Waals surface area contributed by atoms with E-state index in [1.165, 1.54) is 43.8 Å². The number of benzene rings is 2. The highest BCUT2D eigenvalue weighted by Crippen LogP contribution is 2.41. The number of pyridine rings is 1. The lowest BCUT2D eigenvalue weighted by molar-refractivity contribution is -0.140. The van der Waals surface area contributed by atoms with Gasteiger partial charge in [-0.15, -0.1) is 0 Å². The summed E-state index contributed by atoms with van der Waals surface area (Å²) in [5.41, 5.74) is -0.195. The quantitative estimate of drug-likeness (QED) is 0.260. The van der Waals surface area contributed by atoms with Gasteiger partial charge in [0.15, 0.2) is 0 Å². The summed E-state index contributed by atoms with van der Waals surface area (Å²) < 4.78 is 45.3. The summed E-state index contributed by atoms with van der Waals surface area (Å²) in [7, 11) is 1.47. The number of methoxy groups -OCH3 is 1. The summed E-state index contributed by atoms with van der Waals surface area (Å²) in [6.45, 7) is -0.281. The number of hydrogen-bond donors (Lipinski definition) is 1. The minimum Gasteiger partial charge on any atom is -0.507 e. The Labute approximate surface area is 206 Å². The number of alkyl halides is 3. The molecule has 0 saturated carbocycles. The number of ketones is 1. The minimum atomic E-state index is -4.56. The second kappa shape index (κ2) is 9.53. The molecule has 1 fully saturated rings. The highest BCUT2D eigenvalue weighted by molar-refractivity contribution is 9.10. The molecular formula is C25H18BrF3N2O4. The fourth-order valence-electron chi connectivity index (χ4n) is 3.94. The largest absolute Gasteiger partial charge is 0.507 e. The number of likely N-dealkylation sites (tertiary alicyclic amines) is 1. The number of halogens is 4. The van der Waals surface area contributed by atoms with Crippen molar-refractivity contribution in [2.45, 2.75) is 18.8 Å². The van der Waals surface area contributed by atoms with E-state index in [2.05, 4.69) is 20.9 Å². The molecule has 0 bridgehead atoms. The molecule has 1 unspecified atom stereocenters. The fourth-order valence-corrected chi connectivity index (χ4v) is 4.48. The van der Waals surface area contributed by atoms with Gasteiger partial charge in [0.1, 0.15) is 11.5 Å². The number of hydrogen-bond acceptors (Lipinski definition) is 5. The summed E-state index contributed by atoms with van der Waals surface area (Å²) in [6, 6.07) is 11.4. The van der Waals surface area contributed by atoms with Crippen LogP contribution in [0.3, 0.4) is 0 Å². The van der Waals surface area contributed by atoms with Gasteiger partial charge in [-0.25, -0.2) is 0 Å². The van der Waals surface area contributed by atoms with E-state index in [1.807, 2.05) is 0 Å². The van der Waals surface area contributed by atoms with Gasteiger partial charge >= 0.3 is 6.18 Å². The molecule has 1 saturated heterocycles. The number of carbonyl (C=O) groups excluding carboxylic acids is 2. The maximum Gasteiger partial charge on any atom is 0.416 e. The number of ether oxygens (including phenoxy) is 1. The molecule has 3 aromatic rings. The molecule has 1 aliphatic rings. The number of nitrogens with zero attached hydrogens (tertiary/aromatic N) is 2. The summed E-state index contributed by atoms with van der Waals surface area (Å²) in [4.78, 5) is 31.3.